The van der Waals surface area contributed by atoms with E-state index in [9.17, 15) is 0 Å². The summed E-state index contributed by atoms with van der Waals surface area (Å²) in [5, 5.41) is 11.6. The van der Waals surface area contributed by atoms with Gasteiger partial charge >= 0.3 is 0 Å². The van der Waals surface area contributed by atoms with E-state index in [1.807, 2.05) is 18.5 Å². The summed E-state index contributed by atoms with van der Waals surface area (Å²) in [5.74, 6) is 1.66. The quantitative estimate of drug-likeness (QED) is 0.154. The van der Waals surface area contributed by atoms with E-state index in [4.69, 9.17) is 4.74 Å². The SMILES string of the molecule is c1ccc(-c2cc3ccccc3cc2Oc2c3ccccc3c(-c3cc4ccccc4c4ccccc34)c3cnccc23)cc1. The van der Waals surface area contributed by atoms with Gasteiger partial charge in [-0.05, 0) is 78.7 Å². The van der Waals surface area contributed by atoms with Gasteiger partial charge in [0.15, 0.2) is 0 Å². The van der Waals surface area contributed by atoms with Crippen LogP contribution in [0.3, 0.4) is 0 Å². The molecule has 0 aliphatic rings. The Morgan fingerprint density at radius 2 is 0.978 bits per heavy atom. The van der Waals surface area contributed by atoms with Gasteiger partial charge in [0.2, 0.25) is 0 Å². The first-order valence-electron chi connectivity index (χ1n) is 15.3. The summed E-state index contributed by atoms with van der Waals surface area (Å²) in [4.78, 5) is 4.65. The second kappa shape index (κ2) is 10.3. The lowest BCUT2D eigenvalue weighted by molar-refractivity contribution is 0.496. The van der Waals surface area contributed by atoms with Crippen LogP contribution in [0.2, 0.25) is 0 Å². The number of aromatic nitrogens is 1. The maximum Gasteiger partial charge on any atom is 0.143 e. The molecule has 8 aromatic carbocycles. The second-order valence-electron chi connectivity index (χ2n) is 11.5. The van der Waals surface area contributed by atoms with E-state index < -0.39 is 0 Å². The van der Waals surface area contributed by atoms with E-state index >= 15 is 0 Å². The number of pyridine rings is 1. The van der Waals surface area contributed by atoms with Gasteiger partial charge in [-0.1, -0.05) is 127 Å². The average Bonchev–Trinajstić information content (AvgIpc) is 3.11. The lowest BCUT2D eigenvalue weighted by atomic mass is 9.87. The molecular formula is C43H27NO. The minimum absolute atomic E-state index is 0.826. The Balaban J connectivity index is 1.36. The molecule has 9 rings (SSSR count). The van der Waals surface area contributed by atoms with Crippen molar-refractivity contribution in [1.29, 1.82) is 0 Å². The van der Waals surface area contributed by atoms with Gasteiger partial charge in [0.25, 0.3) is 0 Å². The Bertz CT molecular complexity index is 2510. The number of ether oxygens (including phenoxy) is 1. The maximum atomic E-state index is 7.12. The molecule has 210 valence electrons. The summed E-state index contributed by atoms with van der Waals surface area (Å²) in [6.07, 6.45) is 3.86. The molecular weight excluding hydrogens is 546 g/mol. The average molecular weight is 574 g/mol. The third-order valence-corrected chi connectivity index (χ3v) is 8.96. The number of rotatable bonds is 4. The molecule has 0 bridgehead atoms. The van der Waals surface area contributed by atoms with Crippen molar-refractivity contribution in [3.8, 4) is 33.8 Å². The lowest BCUT2D eigenvalue weighted by Crippen LogP contribution is -1.95. The zero-order valence-electron chi connectivity index (χ0n) is 24.4. The molecule has 1 aromatic heterocycles. The van der Waals surface area contributed by atoms with Crippen LogP contribution in [0.5, 0.6) is 11.5 Å². The summed E-state index contributed by atoms with van der Waals surface area (Å²) in [5.41, 5.74) is 4.54. The van der Waals surface area contributed by atoms with Crippen LogP contribution in [0.25, 0.3) is 76.1 Å². The molecule has 1 heterocycles. The largest absolute Gasteiger partial charge is 0.455 e. The first-order valence-corrected chi connectivity index (χ1v) is 15.3. The molecule has 0 radical (unpaired) electrons. The fourth-order valence-electron chi connectivity index (χ4n) is 6.90. The van der Waals surface area contributed by atoms with Gasteiger partial charge in [0.05, 0.1) is 0 Å². The van der Waals surface area contributed by atoms with Gasteiger partial charge in [-0.3, -0.25) is 4.98 Å². The van der Waals surface area contributed by atoms with Crippen molar-refractivity contribution in [3.05, 3.63) is 164 Å². The van der Waals surface area contributed by atoms with Gasteiger partial charge in [-0.15, -0.1) is 0 Å². The smallest absolute Gasteiger partial charge is 0.143 e. The van der Waals surface area contributed by atoms with Crippen LogP contribution < -0.4 is 4.74 Å². The Morgan fingerprint density at radius 1 is 0.400 bits per heavy atom. The summed E-state index contributed by atoms with van der Waals surface area (Å²) in [6.45, 7) is 0. The van der Waals surface area contributed by atoms with Crippen molar-refractivity contribution in [2.45, 2.75) is 0 Å². The Kier molecular flexibility index (Phi) is 5.85. The minimum atomic E-state index is 0.826. The molecule has 2 heteroatoms. The molecule has 0 atom stereocenters. The maximum absolute atomic E-state index is 7.12. The molecule has 0 amide bonds. The zero-order chi connectivity index (χ0) is 29.7. The first kappa shape index (κ1) is 25.5. The fraction of sp³-hybridized carbons (Fsp3) is 0. The third-order valence-electron chi connectivity index (χ3n) is 8.96. The molecule has 0 aliphatic carbocycles. The number of hydrogen-bond acceptors (Lipinski definition) is 2. The van der Waals surface area contributed by atoms with Crippen LogP contribution in [0.1, 0.15) is 0 Å². The summed E-state index contributed by atoms with van der Waals surface area (Å²) >= 11 is 0. The molecule has 0 fully saturated rings. The van der Waals surface area contributed by atoms with Crippen LogP contribution in [0, 0.1) is 0 Å². The van der Waals surface area contributed by atoms with E-state index in [1.54, 1.807) is 0 Å². The van der Waals surface area contributed by atoms with Crippen molar-refractivity contribution in [2.75, 3.05) is 0 Å². The Morgan fingerprint density at radius 3 is 1.78 bits per heavy atom. The lowest BCUT2D eigenvalue weighted by Gasteiger charge is -2.20. The van der Waals surface area contributed by atoms with Crippen LogP contribution in [-0.2, 0) is 0 Å². The highest BCUT2D eigenvalue weighted by molar-refractivity contribution is 6.23. The van der Waals surface area contributed by atoms with Crippen molar-refractivity contribution in [2.24, 2.45) is 0 Å². The molecule has 0 N–H and O–H groups in total. The van der Waals surface area contributed by atoms with Gasteiger partial charge in [0.1, 0.15) is 11.5 Å². The monoisotopic (exact) mass is 573 g/mol. The first-order chi connectivity index (χ1) is 22.3. The molecule has 0 saturated heterocycles. The van der Waals surface area contributed by atoms with Crippen LogP contribution in [0.15, 0.2) is 164 Å². The second-order valence-corrected chi connectivity index (χ2v) is 11.5. The van der Waals surface area contributed by atoms with E-state index in [2.05, 4.69) is 151 Å². The van der Waals surface area contributed by atoms with Gasteiger partial charge in [-0.2, -0.15) is 0 Å². The summed E-state index contributed by atoms with van der Waals surface area (Å²) < 4.78 is 7.12. The van der Waals surface area contributed by atoms with Crippen molar-refractivity contribution >= 4 is 53.9 Å². The normalized spacial score (nSPS) is 11.6. The molecule has 45 heavy (non-hydrogen) atoms. The number of hydrogen-bond donors (Lipinski definition) is 0. The summed E-state index contributed by atoms with van der Waals surface area (Å²) in [7, 11) is 0. The summed E-state index contributed by atoms with van der Waals surface area (Å²) in [6, 6.07) is 53.8. The standard InChI is InChI=1S/C43H27NO/c1-2-12-28(13-3-1)38-24-29-14-4-5-15-30(29)26-41(38)45-43-36-21-11-10-20-35(36)42(40-27-44-23-22-37(40)43)39-25-31-16-6-7-17-32(31)33-18-8-9-19-34(33)39/h1-27H. The highest BCUT2D eigenvalue weighted by Gasteiger charge is 2.20. The van der Waals surface area contributed by atoms with Crippen molar-refractivity contribution in [1.82, 2.24) is 4.98 Å². The fourth-order valence-corrected chi connectivity index (χ4v) is 6.90. The molecule has 9 aromatic rings. The van der Waals surface area contributed by atoms with Gasteiger partial charge < -0.3 is 4.74 Å². The molecule has 0 saturated carbocycles. The van der Waals surface area contributed by atoms with Crippen LogP contribution >= 0.6 is 0 Å². The Labute approximate surface area is 260 Å². The zero-order valence-corrected chi connectivity index (χ0v) is 24.4. The molecule has 2 nitrogen and oxygen atoms in total. The number of fused-ring (bicyclic) bond motifs is 6. The predicted molar refractivity (Wildman–Crippen MR) is 189 cm³/mol. The van der Waals surface area contributed by atoms with E-state index in [0.717, 1.165) is 49.6 Å². The third kappa shape index (κ3) is 4.15. The Hall–Kier alpha value is -5.99. The van der Waals surface area contributed by atoms with E-state index in [0.29, 0.717) is 0 Å². The predicted octanol–water partition coefficient (Wildman–Crippen LogP) is 12.0. The molecule has 0 spiro atoms. The van der Waals surface area contributed by atoms with Crippen LogP contribution in [-0.4, -0.2) is 4.98 Å². The van der Waals surface area contributed by atoms with Gasteiger partial charge in [0, 0.05) is 34.1 Å². The van der Waals surface area contributed by atoms with Gasteiger partial charge in [-0.25, -0.2) is 0 Å². The molecule has 0 unspecified atom stereocenters. The van der Waals surface area contributed by atoms with E-state index in [1.165, 1.54) is 38.1 Å². The number of benzene rings is 8. The van der Waals surface area contributed by atoms with Crippen molar-refractivity contribution in [3.63, 3.8) is 0 Å². The van der Waals surface area contributed by atoms with E-state index in [-0.39, 0.29) is 0 Å². The highest BCUT2D eigenvalue weighted by atomic mass is 16.5. The highest BCUT2D eigenvalue weighted by Crippen LogP contribution is 2.48. The molecule has 0 aliphatic heterocycles. The van der Waals surface area contributed by atoms with Crippen LogP contribution in [0.4, 0.5) is 0 Å². The van der Waals surface area contributed by atoms with Crippen molar-refractivity contribution < 1.29 is 4.74 Å². The number of nitrogens with zero attached hydrogens (tertiary/aromatic N) is 1. The minimum Gasteiger partial charge on any atom is -0.455 e. The topological polar surface area (TPSA) is 22.1 Å².